The molecule has 27 nitrogen and oxygen atoms in total. The molecule has 0 radical (unpaired) electrons. The molecule has 0 heterocycles. The van der Waals surface area contributed by atoms with Gasteiger partial charge in [0.25, 0.3) is 17.7 Å². The van der Waals surface area contributed by atoms with Crippen LogP contribution in [0.4, 0.5) is 28.8 Å². The molecule has 102 heavy (non-hydrogen) atoms. The monoisotopic (exact) mass is 1400 g/mol. The molecular weight excluding hydrogens is 1310 g/mol. The second kappa shape index (κ2) is 45.9. The molecule has 0 aliphatic heterocycles. The summed E-state index contributed by atoms with van der Waals surface area (Å²) in [7, 11) is 0. The fourth-order valence-electron chi connectivity index (χ4n) is 9.86. The van der Waals surface area contributed by atoms with Gasteiger partial charge in [-0.25, -0.2) is 28.8 Å². The predicted molar refractivity (Wildman–Crippen MR) is 381 cm³/mol. The Hall–Kier alpha value is -11.6. The van der Waals surface area contributed by atoms with Crippen molar-refractivity contribution >= 4 is 54.3 Å². The van der Waals surface area contributed by atoms with E-state index in [1.807, 2.05) is 197 Å². The van der Waals surface area contributed by atoms with Crippen LogP contribution in [0.25, 0.3) is 0 Å². The molecule has 9 amide bonds. The van der Waals surface area contributed by atoms with Crippen molar-refractivity contribution in [1.82, 2.24) is 62.6 Å². The summed E-state index contributed by atoms with van der Waals surface area (Å²) in [4.78, 5) is 125. The van der Waals surface area contributed by atoms with Crippen molar-refractivity contribution in [1.29, 1.82) is 0 Å². The van der Waals surface area contributed by atoms with Crippen molar-refractivity contribution in [3.05, 3.63) is 250 Å². The summed E-state index contributed by atoms with van der Waals surface area (Å²) < 4.78 is 32.4. The van der Waals surface area contributed by atoms with Crippen LogP contribution in [-0.4, -0.2) is 187 Å². The van der Waals surface area contributed by atoms with E-state index < -0.39 is 54.3 Å². The normalized spacial score (nSPS) is 10.7. The third-order valence-electron chi connectivity index (χ3n) is 15.3. The van der Waals surface area contributed by atoms with Crippen LogP contribution in [0.2, 0.25) is 0 Å². The first-order chi connectivity index (χ1) is 49.8. The van der Waals surface area contributed by atoms with E-state index in [0.717, 1.165) is 33.4 Å². The average Bonchev–Trinajstić information content (AvgIpc) is 0.852. The molecular formula is C75H90N12O15. The van der Waals surface area contributed by atoms with Crippen LogP contribution in [0.3, 0.4) is 0 Å². The van der Waals surface area contributed by atoms with Crippen LogP contribution >= 0.6 is 0 Å². The van der Waals surface area contributed by atoms with Crippen molar-refractivity contribution in [2.24, 2.45) is 0 Å². The fourth-order valence-corrected chi connectivity index (χ4v) is 9.86. The van der Waals surface area contributed by atoms with Crippen LogP contribution < -0.4 is 47.9 Å². The van der Waals surface area contributed by atoms with E-state index in [4.69, 9.17) is 28.4 Å². The Morgan fingerprint density at radius 1 is 0.216 bits per heavy atom. The summed E-state index contributed by atoms with van der Waals surface area (Å²) in [6.45, 7) is 3.69. The molecule has 0 aromatic heterocycles. The molecule has 0 unspecified atom stereocenters. The molecule has 0 atom stereocenters. The van der Waals surface area contributed by atoms with E-state index in [-0.39, 0.29) is 174 Å². The van der Waals surface area contributed by atoms with Gasteiger partial charge in [-0.05, 0) is 51.6 Å². The van der Waals surface area contributed by atoms with Crippen LogP contribution in [0, 0.1) is 0 Å². The lowest BCUT2D eigenvalue weighted by Gasteiger charge is -2.23. The lowest BCUT2D eigenvalue weighted by molar-refractivity contribution is 0.0947. The summed E-state index contributed by atoms with van der Waals surface area (Å²) in [6, 6.07) is 59.3. The van der Waals surface area contributed by atoms with Gasteiger partial charge in [-0.2, -0.15) is 0 Å². The summed E-state index contributed by atoms with van der Waals surface area (Å²) in [5.74, 6) is -1.89. The average molecular weight is 1400 g/mol. The Morgan fingerprint density at radius 3 is 0.520 bits per heavy atom. The molecule has 27 heteroatoms. The van der Waals surface area contributed by atoms with Gasteiger partial charge in [0.05, 0.1) is 0 Å². The molecule has 0 fully saturated rings. The third kappa shape index (κ3) is 32.4. The quantitative estimate of drug-likeness (QED) is 0.0169. The van der Waals surface area contributed by atoms with E-state index >= 15 is 0 Å². The standard InChI is InChI=1S/C75H90N12O15/c88-67(76-31-40-85(43-34-79-70(91)97-52-58-19-7-1-8-20-58)44-35-80-71(92)98-53-59-21-9-2-10-22-59)64-49-65(68(89)77-32-41-86(45-36-81-72(93)99-54-60-23-11-3-12-24-60)46-37-82-73(94)100-55-61-25-13-4-14-26-61)51-66(50-64)69(90)78-33-42-87(47-38-83-74(95)101-56-62-27-15-5-16-28-62)48-39-84-75(96)102-57-63-29-17-6-18-30-63/h1-30,49-51H,31-48,52-57H2,(H,76,88)(H,77,89)(H,78,90)(H,79,91)(H,80,92)(H,81,93)(H,82,94)(H,83,95)(H,84,96). The van der Waals surface area contributed by atoms with Crippen molar-refractivity contribution < 1.29 is 71.6 Å². The summed E-state index contributed by atoms with van der Waals surface area (Å²) >= 11 is 0. The number of nitrogens with zero attached hydrogens (tertiary/aromatic N) is 3. The van der Waals surface area contributed by atoms with Crippen molar-refractivity contribution in [3.8, 4) is 0 Å². The number of hydrogen-bond donors (Lipinski definition) is 9. The Bertz CT molecular complexity index is 3090. The van der Waals surface area contributed by atoms with Gasteiger partial charge >= 0.3 is 36.6 Å². The zero-order valence-corrected chi connectivity index (χ0v) is 57.0. The number of rotatable bonds is 42. The Balaban J connectivity index is 1.01. The number of alkyl carbamates (subject to hydrolysis) is 6. The largest absolute Gasteiger partial charge is 0.445 e. The van der Waals surface area contributed by atoms with Gasteiger partial charge in [-0.3, -0.25) is 29.1 Å². The van der Waals surface area contributed by atoms with Crippen molar-refractivity contribution in [2.75, 3.05) is 118 Å². The molecule has 0 bridgehead atoms. The topological polar surface area (TPSA) is 327 Å². The van der Waals surface area contributed by atoms with E-state index in [0.29, 0.717) is 0 Å². The highest BCUT2D eigenvalue weighted by molar-refractivity contribution is 6.04. The Morgan fingerprint density at radius 2 is 0.363 bits per heavy atom. The van der Waals surface area contributed by atoms with Gasteiger partial charge in [-0.1, -0.05) is 182 Å². The summed E-state index contributed by atoms with van der Waals surface area (Å²) in [6.07, 6.45) is -3.82. The Labute approximate surface area is 593 Å². The van der Waals surface area contributed by atoms with Crippen molar-refractivity contribution in [3.63, 3.8) is 0 Å². The molecule has 9 N–H and O–H groups in total. The van der Waals surface area contributed by atoms with Gasteiger partial charge in [0.15, 0.2) is 0 Å². The zero-order chi connectivity index (χ0) is 72.0. The van der Waals surface area contributed by atoms with Crippen molar-refractivity contribution in [2.45, 2.75) is 39.6 Å². The number of carbonyl (C=O) groups excluding carboxylic acids is 9. The van der Waals surface area contributed by atoms with Gasteiger partial charge in [0.2, 0.25) is 0 Å². The molecule has 7 aromatic carbocycles. The zero-order valence-electron chi connectivity index (χ0n) is 57.0. The maximum atomic E-state index is 14.3. The second-order valence-corrected chi connectivity index (χ2v) is 23.0. The lowest BCUT2D eigenvalue weighted by Crippen LogP contribution is -2.43. The maximum absolute atomic E-state index is 14.3. The van der Waals surface area contributed by atoms with Crippen LogP contribution in [-0.2, 0) is 68.1 Å². The first-order valence-electron chi connectivity index (χ1n) is 33.6. The van der Waals surface area contributed by atoms with Gasteiger partial charge in [-0.15, -0.1) is 0 Å². The van der Waals surface area contributed by atoms with Crippen LogP contribution in [0.5, 0.6) is 0 Å². The Kier molecular flexibility index (Phi) is 35.0. The minimum Gasteiger partial charge on any atom is -0.445 e. The third-order valence-corrected chi connectivity index (χ3v) is 15.3. The molecule has 7 aromatic rings. The highest BCUT2D eigenvalue weighted by atomic mass is 16.6. The minimum absolute atomic E-state index is 0.0286. The highest BCUT2D eigenvalue weighted by Gasteiger charge is 2.20. The number of carbonyl (C=O) groups is 9. The fraction of sp³-hybridized carbons (Fsp3) is 0.320. The van der Waals surface area contributed by atoms with Gasteiger partial charge in [0.1, 0.15) is 39.6 Å². The lowest BCUT2D eigenvalue weighted by atomic mass is 10.0. The second-order valence-electron chi connectivity index (χ2n) is 23.0. The molecule has 7 rings (SSSR count). The molecule has 0 spiro atoms. The first-order valence-corrected chi connectivity index (χ1v) is 33.6. The molecule has 0 aliphatic carbocycles. The molecule has 540 valence electrons. The number of ether oxygens (including phenoxy) is 6. The first kappa shape index (κ1) is 77.8. The number of hydrogen-bond acceptors (Lipinski definition) is 18. The van der Waals surface area contributed by atoms with E-state index in [9.17, 15) is 43.2 Å². The summed E-state index contributed by atoms with van der Waals surface area (Å²) in [5.41, 5.74) is 4.78. The van der Waals surface area contributed by atoms with E-state index in [2.05, 4.69) is 47.9 Å². The molecule has 0 saturated carbocycles. The van der Waals surface area contributed by atoms with E-state index in [1.165, 1.54) is 18.2 Å². The predicted octanol–water partition coefficient (Wildman–Crippen LogP) is 7.34. The SMILES string of the molecule is O=C(NCCN(CCNC(=O)OCc1ccccc1)CCNC(=O)c1cc(C(=O)NCCN(CCNC(=O)OCc2ccccc2)CCNC(=O)OCc2ccccc2)cc(C(=O)NCCN(CCNC(=O)OCc2ccccc2)CCNC(=O)OCc2ccccc2)c1)OCc1ccccc1. The minimum atomic E-state index is -0.636. The van der Waals surface area contributed by atoms with Gasteiger partial charge in [0, 0.05) is 134 Å². The highest BCUT2D eigenvalue weighted by Crippen LogP contribution is 2.13. The number of amides is 9. The number of benzene rings is 7. The number of nitrogens with one attached hydrogen (secondary N) is 9. The van der Waals surface area contributed by atoms with Gasteiger partial charge < -0.3 is 76.3 Å². The molecule has 0 saturated heterocycles. The van der Waals surface area contributed by atoms with Crippen LogP contribution in [0.15, 0.2) is 200 Å². The maximum Gasteiger partial charge on any atom is 0.407 e. The molecule has 0 aliphatic rings. The summed E-state index contributed by atoms with van der Waals surface area (Å²) in [5, 5.41) is 25.2. The van der Waals surface area contributed by atoms with E-state index in [1.54, 1.807) is 0 Å². The smallest absolute Gasteiger partial charge is 0.407 e. The van der Waals surface area contributed by atoms with Crippen LogP contribution in [0.1, 0.15) is 64.5 Å².